The molecule has 3 atom stereocenters. The Labute approximate surface area is 130 Å². The van der Waals surface area contributed by atoms with E-state index in [0.29, 0.717) is 19.8 Å². The summed E-state index contributed by atoms with van der Waals surface area (Å²) in [6.07, 6.45) is 1.53. The van der Waals surface area contributed by atoms with Crippen LogP contribution >= 0.6 is 11.3 Å². The molecule has 0 saturated carbocycles. The molecule has 0 spiro atoms. The van der Waals surface area contributed by atoms with Crippen molar-refractivity contribution in [1.29, 1.82) is 0 Å². The van der Waals surface area contributed by atoms with Crippen molar-refractivity contribution >= 4 is 11.3 Å². The fourth-order valence-electron chi connectivity index (χ4n) is 2.43. The van der Waals surface area contributed by atoms with Gasteiger partial charge in [-0.1, -0.05) is 0 Å². The van der Waals surface area contributed by atoms with Crippen LogP contribution in [-0.4, -0.2) is 54.2 Å². The average Bonchev–Trinajstić information content (AvgIpc) is 3.00. The molecule has 1 aromatic rings. The fourth-order valence-corrected chi connectivity index (χ4v) is 3.19. The van der Waals surface area contributed by atoms with Crippen LogP contribution in [-0.2, 0) is 15.9 Å². The monoisotopic (exact) mass is 314 g/mol. The number of β-amino-alcohol motifs (C(OH)–C–C–N with tert-alkyl or cyclic N) is 1. The summed E-state index contributed by atoms with van der Waals surface area (Å²) in [6, 6.07) is 0. The van der Waals surface area contributed by atoms with E-state index in [1.807, 2.05) is 12.4 Å². The molecule has 6 heteroatoms. The third-order valence-electron chi connectivity index (χ3n) is 4.26. The lowest BCUT2D eigenvalue weighted by molar-refractivity contribution is 0.0289. The summed E-state index contributed by atoms with van der Waals surface area (Å²) in [7, 11) is 0. The average molecular weight is 314 g/mol. The molecule has 0 aliphatic carbocycles. The van der Waals surface area contributed by atoms with Crippen LogP contribution in [0, 0.1) is 6.92 Å². The number of nitrogens with zero attached hydrogens (tertiary/aromatic N) is 1. The van der Waals surface area contributed by atoms with Gasteiger partial charge in [0.15, 0.2) is 0 Å². The SMILES string of the molecule is Cc1ncsc1CCOCC(O)CNC1(C)CCOC1C. The third kappa shape index (κ3) is 4.72. The second-order valence-electron chi connectivity index (χ2n) is 5.90. The van der Waals surface area contributed by atoms with Gasteiger partial charge < -0.3 is 19.9 Å². The Hall–Kier alpha value is -0.530. The van der Waals surface area contributed by atoms with Gasteiger partial charge in [-0.25, -0.2) is 4.98 Å². The van der Waals surface area contributed by atoms with Crippen molar-refractivity contribution < 1.29 is 14.6 Å². The fraction of sp³-hybridized carbons (Fsp3) is 0.800. The summed E-state index contributed by atoms with van der Waals surface area (Å²) in [6.45, 7) is 8.52. The predicted molar refractivity (Wildman–Crippen MR) is 83.8 cm³/mol. The first kappa shape index (κ1) is 16.8. The van der Waals surface area contributed by atoms with E-state index in [-0.39, 0.29) is 11.6 Å². The molecule has 1 fully saturated rings. The lowest BCUT2D eigenvalue weighted by Crippen LogP contribution is -2.50. The topological polar surface area (TPSA) is 63.6 Å². The number of rotatable bonds is 8. The van der Waals surface area contributed by atoms with E-state index < -0.39 is 6.10 Å². The number of aromatic nitrogens is 1. The number of hydrogen-bond donors (Lipinski definition) is 2. The van der Waals surface area contributed by atoms with Crippen molar-refractivity contribution in [3.8, 4) is 0 Å². The van der Waals surface area contributed by atoms with Gasteiger partial charge in [0.1, 0.15) is 0 Å². The molecule has 0 radical (unpaired) electrons. The Morgan fingerprint density at radius 3 is 3.10 bits per heavy atom. The van der Waals surface area contributed by atoms with Crippen LogP contribution in [0.2, 0.25) is 0 Å². The van der Waals surface area contributed by atoms with Crippen molar-refractivity contribution in [3.63, 3.8) is 0 Å². The molecule has 2 N–H and O–H groups in total. The number of thiazole rings is 1. The molecule has 0 amide bonds. The highest BCUT2D eigenvalue weighted by Gasteiger charge is 2.36. The first-order chi connectivity index (χ1) is 10.0. The minimum atomic E-state index is -0.489. The molecule has 1 saturated heterocycles. The van der Waals surface area contributed by atoms with Crippen LogP contribution in [0.4, 0.5) is 0 Å². The standard InChI is InChI=1S/C15H26N2O3S/c1-11-14(21-10-16-11)4-6-19-9-13(18)8-17-15(3)5-7-20-12(15)2/h10,12-13,17-18H,4-9H2,1-3H3. The Balaban J connectivity index is 1.59. The maximum absolute atomic E-state index is 9.98. The summed E-state index contributed by atoms with van der Waals surface area (Å²) >= 11 is 1.66. The van der Waals surface area contributed by atoms with E-state index in [0.717, 1.165) is 25.1 Å². The van der Waals surface area contributed by atoms with Crippen molar-refractivity contribution in [2.45, 2.75) is 51.4 Å². The number of aliphatic hydroxyl groups is 1. The van der Waals surface area contributed by atoms with Crippen LogP contribution in [0.15, 0.2) is 5.51 Å². The van der Waals surface area contributed by atoms with Gasteiger partial charge in [-0.3, -0.25) is 0 Å². The van der Waals surface area contributed by atoms with Crippen molar-refractivity contribution in [2.24, 2.45) is 0 Å². The van der Waals surface area contributed by atoms with Crippen LogP contribution in [0.3, 0.4) is 0 Å². The maximum Gasteiger partial charge on any atom is 0.0897 e. The number of nitrogens with one attached hydrogen (secondary N) is 1. The molecule has 1 aliphatic rings. The number of aryl methyl sites for hydroxylation is 1. The summed E-state index contributed by atoms with van der Waals surface area (Å²) in [5.74, 6) is 0. The van der Waals surface area contributed by atoms with E-state index in [4.69, 9.17) is 9.47 Å². The zero-order chi connectivity index (χ0) is 15.3. The van der Waals surface area contributed by atoms with Gasteiger partial charge in [0.05, 0.1) is 36.6 Å². The van der Waals surface area contributed by atoms with Gasteiger partial charge in [0.2, 0.25) is 0 Å². The third-order valence-corrected chi connectivity index (χ3v) is 5.25. The Bertz CT molecular complexity index is 440. The van der Waals surface area contributed by atoms with Crippen LogP contribution in [0.5, 0.6) is 0 Å². The highest BCUT2D eigenvalue weighted by Crippen LogP contribution is 2.24. The van der Waals surface area contributed by atoms with Gasteiger partial charge in [0, 0.05) is 30.0 Å². The highest BCUT2D eigenvalue weighted by molar-refractivity contribution is 7.09. The zero-order valence-corrected chi connectivity index (χ0v) is 13.9. The van der Waals surface area contributed by atoms with E-state index in [1.54, 1.807) is 11.3 Å². The molecule has 2 rings (SSSR count). The van der Waals surface area contributed by atoms with Gasteiger partial charge in [-0.2, -0.15) is 0 Å². The largest absolute Gasteiger partial charge is 0.389 e. The first-order valence-electron chi connectivity index (χ1n) is 7.52. The Morgan fingerprint density at radius 2 is 2.48 bits per heavy atom. The summed E-state index contributed by atoms with van der Waals surface area (Å²) in [5.41, 5.74) is 2.89. The van der Waals surface area contributed by atoms with Crippen molar-refractivity contribution in [3.05, 3.63) is 16.1 Å². The molecular formula is C15H26N2O3S. The highest BCUT2D eigenvalue weighted by atomic mass is 32.1. The minimum Gasteiger partial charge on any atom is -0.389 e. The molecular weight excluding hydrogens is 288 g/mol. The molecule has 1 aromatic heterocycles. The number of ether oxygens (including phenoxy) is 2. The Morgan fingerprint density at radius 1 is 1.67 bits per heavy atom. The first-order valence-corrected chi connectivity index (χ1v) is 8.40. The number of hydrogen-bond acceptors (Lipinski definition) is 6. The van der Waals surface area contributed by atoms with Crippen molar-refractivity contribution in [2.75, 3.05) is 26.4 Å². The van der Waals surface area contributed by atoms with Crippen LogP contribution < -0.4 is 5.32 Å². The van der Waals surface area contributed by atoms with Gasteiger partial charge in [-0.05, 0) is 27.2 Å². The summed E-state index contributed by atoms with van der Waals surface area (Å²) in [4.78, 5) is 5.47. The lowest BCUT2D eigenvalue weighted by atomic mass is 9.94. The summed E-state index contributed by atoms with van der Waals surface area (Å²) in [5, 5.41) is 13.4. The smallest absolute Gasteiger partial charge is 0.0897 e. The van der Waals surface area contributed by atoms with Crippen molar-refractivity contribution in [1.82, 2.24) is 10.3 Å². The molecule has 2 heterocycles. The molecule has 5 nitrogen and oxygen atoms in total. The van der Waals surface area contributed by atoms with E-state index in [9.17, 15) is 5.11 Å². The van der Waals surface area contributed by atoms with Gasteiger partial charge in [-0.15, -0.1) is 11.3 Å². The van der Waals surface area contributed by atoms with E-state index in [2.05, 4.69) is 24.1 Å². The summed E-state index contributed by atoms with van der Waals surface area (Å²) < 4.78 is 11.1. The molecule has 0 bridgehead atoms. The number of aliphatic hydroxyl groups excluding tert-OH is 1. The van der Waals surface area contributed by atoms with Gasteiger partial charge in [0.25, 0.3) is 0 Å². The molecule has 120 valence electrons. The minimum absolute atomic E-state index is 0.0409. The normalized spacial score (nSPS) is 27.1. The van der Waals surface area contributed by atoms with E-state index in [1.165, 1.54) is 4.88 Å². The molecule has 3 unspecified atom stereocenters. The van der Waals surface area contributed by atoms with E-state index >= 15 is 0 Å². The van der Waals surface area contributed by atoms with Crippen LogP contribution in [0.25, 0.3) is 0 Å². The lowest BCUT2D eigenvalue weighted by Gasteiger charge is -2.30. The second-order valence-corrected chi connectivity index (χ2v) is 6.84. The maximum atomic E-state index is 9.98. The predicted octanol–water partition coefficient (Wildman–Crippen LogP) is 1.53. The molecule has 21 heavy (non-hydrogen) atoms. The zero-order valence-electron chi connectivity index (χ0n) is 13.1. The molecule has 1 aliphatic heterocycles. The quantitative estimate of drug-likeness (QED) is 0.713. The molecule has 0 aromatic carbocycles. The second kappa shape index (κ2) is 7.65. The van der Waals surface area contributed by atoms with Crippen LogP contribution in [0.1, 0.15) is 30.8 Å². The Kier molecular flexibility index (Phi) is 6.13. The van der Waals surface area contributed by atoms with Gasteiger partial charge >= 0.3 is 0 Å².